The van der Waals surface area contributed by atoms with E-state index < -0.39 is 18.5 Å². The summed E-state index contributed by atoms with van der Waals surface area (Å²) in [6.07, 6.45) is 4.91. The van der Waals surface area contributed by atoms with Crippen molar-refractivity contribution in [2.45, 2.75) is 13.3 Å². The van der Waals surface area contributed by atoms with Crippen molar-refractivity contribution in [3.05, 3.63) is 53.8 Å². The molecule has 2 bridgehead atoms. The molecule has 1 saturated heterocycles. The van der Waals surface area contributed by atoms with Gasteiger partial charge in [-0.2, -0.15) is 0 Å². The van der Waals surface area contributed by atoms with Crippen LogP contribution in [0, 0.1) is 30.6 Å². The van der Waals surface area contributed by atoms with Crippen LogP contribution in [-0.2, 0) is 19.1 Å². The van der Waals surface area contributed by atoms with E-state index in [4.69, 9.17) is 9.26 Å². The van der Waals surface area contributed by atoms with Gasteiger partial charge in [0.15, 0.2) is 12.4 Å². The molecule has 158 valence electrons. The zero-order valence-corrected chi connectivity index (χ0v) is 16.6. The van der Waals surface area contributed by atoms with E-state index in [9.17, 15) is 19.2 Å². The minimum absolute atomic E-state index is 0.108. The van der Waals surface area contributed by atoms with Crippen molar-refractivity contribution >= 4 is 35.2 Å². The zero-order valence-electron chi connectivity index (χ0n) is 16.6. The maximum Gasteiger partial charge on any atom is 0.338 e. The van der Waals surface area contributed by atoms with Crippen LogP contribution in [0.2, 0.25) is 0 Å². The Bertz CT molecular complexity index is 1110. The highest BCUT2D eigenvalue weighted by Crippen LogP contribution is 2.53. The summed E-state index contributed by atoms with van der Waals surface area (Å²) < 4.78 is 9.90. The Morgan fingerprint density at radius 1 is 1.16 bits per heavy atom. The highest BCUT2D eigenvalue weighted by molar-refractivity contribution is 6.23. The number of benzene rings is 1. The summed E-state index contributed by atoms with van der Waals surface area (Å²) in [5.74, 6) is -1.42. The van der Waals surface area contributed by atoms with Gasteiger partial charge in [-0.25, -0.2) is 9.69 Å². The van der Waals surface area contributed by atoms with Gasteiger partial charge in [0.2, 0.25) is 11.8 Å². The maximum absolute atomic E-state index is 12.9. The number of hydrogen-bond acceptors (Lipinski definition) is 7. The first-order chi connectivity index (χ1) is 14.9. The van der Waals surface area contributed by atoms with Crippen LogP contribution in [0.5, 0.6) is 0 Å². The minimum Gasteiger partial charge on any atom is -0.452 e. The number of esters is 1. The molecule has 5 rings (SSSR count). The van der Waals surface area contributed by atoms with Crippen LogP contribution in [0.1, 0.15) is 22.5 Å². The highest BCUT2D eigenvalue weighted by atomic mass is 16.5. The number of amides is 3. The van der Waals surface area contributed by atoms with Gasteiger partial charge >= 0.3 is 5.97 Å². The van der Waals surface area contributed by atoms with E-state index in [0.717, 1.165) is 6.42 Å². The predicted octanol–water partition coefficient (Wildman–Crippen LogP) is 2.09. The largest absolute Gasteiger partial charge is 0.452 e. The molecular formula is C22H19N3O6. The number of aromatic nitrogens is 1. The predicted molar refractivity (Wildman–Crippen MR) is 107 cm³/mol. The van der Waals surface area contributed by atoms with Crippen molar-refractivity contribution < 1.29 is 28.4 Å². The Labute approximate surface area is 177 Å². The van der Waals surface area contributed by atoms with E-state index in [0.29, 0.717) is 11.4 Å². The second-order valence-corrected chi connectivity index (χ2v) is 8.01. The van der Waals surface area contributed by atoms with E-state index >= 15 is 0 Å². The number of allylic oxidation sites excluding steroid dienone is 2. The van der Waals surface area contributed by atoms with Gasteiger partial charge in [-0.1, -0.05) is 23.4 Å². The average molecular weight is 421 g/mol. The Hall–Kier alpha value is -3.75. The number of anilines is 2. The second-order valence-electron chi connectivity index (χ2n) is 8.01. The lowest BCUT2D eigenvalue weighted by Crippen LogP contribution is -2.33. The molecule has 9 heteroatoms. The van der Waals surface area contributed by atoms with E-state index in [-0.39, 0.29) is 46.9 Å². The second kappa shape index (κ2) is 7.19. The van der Waals surface area contributed by atoms with Gasteiger partial charge in [-0.05, 0) is 43.4 Å². The van der Waals surface area contributed by atoms with Gasteiger partial charge in [0.05, 0.1) is 23.1 Å². The molecule has 1 aromatic heterocycles. The summed E-state index contributed by atoms with van der Waals surface area (Å²) >= 11 is 0. The molecule has 0 unspecified atom stereocenters. The van der Waals surface area contributed by atoms with Crippen LogP contribution < -0.4 is 10.2 Å². The highest BCUT2D eigenvalue weighted by Gasteiger charge is 2.59. The van der Waals surface area contributed by atoms with Crippen molar-refractivity contribution in [3.8, 4) is 0 Å². The normalized spacial score (nSPS) is 25.8. The lowest BCUT2D eigenvalue weighted by molar-refractivity contribution is -0.123. The number of carbonyl (C=O) groups is 4. The SMILES string of the molecule is Cc1cc(NC(=O)COC(=O)c2cccc(N3C(=O)[C@@H]4[C@@H](C3=O)[C@H]3C=C[C@H]4C3)c2)no1. The van der Waals surface area contributed by atoms with Gasteiger partial charge in [-0.3, -0.25) is 14.4 Å². The molecule has 9 nitrogen and oxygen atoms in total. The summed E-state index contributed by atoms with van der Waals surface area (Å²) in [5.41, 5.74) is 0.474. The van der Waals surface area contributed by atoms with Crippen molar-refractivity contribution in [2.75, 3.05) is 16.8 Å². The molecule has 2 heterocycles. The number of carbonyl (C=O) groups excluding carboxylic acids is 4. The molecule has 1 saturated carbocycles. The smallest absolute Gasteiger partial charge is 0.338 e. The van der Waals surface area contributed by atoms with Gasteiger partial charge in [-0.15, -0.1) is 0 Å². The molecule has 1 N–H and O–H groups in total. The first-order valence-electron chi connectivity index (χ1n) is 9.99. The molecule has 2 aromatic rings. The molecule has 2 fully saturated rings. The third-order valence-corrected chi connectivity index (χ3v) is 6.04. The number of nitrogens with zero attached hydrogens (tertiary/aromatic N) is 2. The molecule has 1 aliphatic heterocycles. The monoisotopic (exact) mass is 421 g/mol. The summed E-state index contributed by atoms with van der Waals surface area (Å²) in [7, 11) is 0. The van der Waals surface area contributed by atoms with Gasteiger partial charge in [0, 0.05) is 6.07 Å². The Morgan fingerprint density at radius 2 is 1.87 bits per heavy atom. The molecule has 0 spiro atoms. The summed E-state index contributed by atoms with van der Waals surface area (Å²) in [4.78, 5) is 51.4. The maximum atomic E-state index is 12.9. The Balaban J connectivity index is 1.26. The number of fused-ring (bicyclic) bond motifs is 5. The van der Waals surface area contributed by atoms with Crippen LogP contribution in [-0.4, -0.2) is 35.5 Å². The molecule has 3 amide bonds. The lowest BCUT2D eigenvalue weighted by atomic mass is 9.85. The number of nitrogens with one attached hydrogen (secondary N) is 1. The van der Waals surface area contributed by atoms with Crippen LogP contribution in [0.4, 0.5) is 11.5 Å². The van der Waals surface area contributed by atoms with Crippen LogP contribution in [0.3, 0.4) is 0 Å². The number of rotatable bonds is 5. The van der Waals surface area contributed by atoms with E-state index in [1.165, 1.54) is 23.1 Å². The molecule has 3 aliphatic rings. The van der Waals surface area contributed by atoms with Crippen LogP contribution in [0.15, 0.2) is 47.0 Å². The fraction of sp³-hybridized carbons (Fsp3) is 0.318. The number of aryl methyl sites for hydroxylation is 1. The van der Waals surface area contributed by atoms with Gasteiger partial charge < -0.3 is 14.6 Å². The molecule has 0 radical (unpaired) electrons. The van der Waals surface area contributed by atoms with Gasteiger partial charge in [0.25, 0.3) is 5.91 Å². The number of hydrogen-bond donors (Lipinski definition) is 1. The summed E-state index contributed by atoms with van der Waals surface area (Å²) in [6.45, 7) is 1.16. The first kappa shape index (κ1) is 19.2. The van der Waals surface area contributed by atoms with E-state index in [1.807, 2.05) is 12.2 Å². The molecule has 31 heavy (non-hydrogen) atoms. The van der Waals surface area contributed by atoms with E-state index in [1.54, 1.807) is 19.1 Å². The van der Waals surface area contributed by atoms with Gasteiger partial charge in [0.1, 0.15) is 5.76 Å². The van der Waals surface area contributed by atoms with Crippen molar-refractivity contribution in [3.63, 3.8) is 0 Å². The van der Waals surface area contributed by atoms with Crippen molar-refractivity contribution in [2.24, 2.45) is 23.7 Å². The zero-order chi connectivity index (χ0) is 21.7. The Morgan fingerprint density at radius 3 is 2.52 bits per heavy atom. The van der Waals surface area contributed by atoms with E-state index in [2.05, 4.69) is 10.5 Å². The molecule has 4 atom stereocenters. The number of imide groups is 1. The third kappa shape index (κ3) is 3.22. The first-order valence-corrected chi connectivity index (χ1v) is 9.99. The fourth-order valence-corrected chi connectivity index (χ4v) is 4.75. The summed E-state index contributed by atoms with van der Waals surface area (Å²) in [6, 6.07) is 7.66. The fourth-order valence-electron chi connectivity index (χ4n) is 4.75. The average Bonchev–Trinajstić information content (AvgIpc) is 3.51. The molecular weight excluding hydrogens is 402 g/mol. The topological polar surface area (TPSA) is 119 Å². The third-order valence-electron chi connectivity index (χ3n) is 6.04. The number of ether oxygens (including phenoxy) is 1. The van der Waals surface area contributed by atoms with Crippen LogP contribution >= 0.6 is 0 Å². The Kier molecular flexibility index (Phi) is 4.46. The quantitative estimate of drug-likeness (QED) is 0.446. The molecule has 2 aliphatic carbocycles. The van der Waals surface area contributed by atoms with Crippen molar-refractivity contribution in [1.82, 2.24) is 5.16 Å². The van der Waals surface area contributed by atoms with Crippen LogP contribution in [0.25, 0.3) is 0 Å². The van der Waals surface area contributed by atoms with Crippen molar-refractivity contribution in [1.29, 1.82) is 0 Å². The lowest BCUT2D eigenvalue weighted by Gasteiger charge is -2.17. The standard InChI is InChI=1S/C22H19N3O6/c1-11-7-16(24-31-11)23-17(26)10-30-22(29)14-3-2-4-15(9-14)25-20(27)18-12-5-6-13(8-12)19(18)21(25)28/h2-7,9,12-13,18-19H,8,10H2,1H3,(H,23,24,26)/t12-,13-,18-,19-/m0/s1. The minimum atomic E-state index is -0.741. The summed E-state index contributed by atoms with van der Waals surface area (Å²) in [5, 5.41) is 6.08. The molecule has 1 aromatic carbocycles.